The van der Waals surface area contributed by atoms with Gasteiger partial charge < -0.3 is 4.90 Å². The number of likely N-dealkylation sites (N-methyl/N-ethyl adjacent to an activating group) is 1. The van der Waals surface area contributed by atoms with E-state index in [1.807, 2.05) is 55.6 Å². The Balaban J connectivity index is 2.24. The Morgan fingerprint density at radius 3 is 2.35 bits per heavy atom. The molecule has 2 rings (SSSR count). The van der Waals surface area contributed by atoms with Crippen LogP contribution < -0.4 is 0 Å². The number of carbonyl (C=O) groups excluding carboxylic acids is 1. The molecule has 0 saturated carbocycles. The van der Waals surface area contributed by atoms with Gasteiger partial charge in [0.2, 0.25) is 5.91 Å². The first-order valence-electron chi connectivity index (χ1n) is 8.33. The summed E-state index contributed by atoms with van der Waals surface area (Å²) in [5.41, 5.74) is 4.27. The second-order valence-corrected chi connectivity index (χ2v) is 5.96. The van der Waals surface area contributed by atoms with Gasteiger partial charge in [0, 0.05) is 24.8 Å². The molecule has 1 aromatic carbocycles. The molecule has 1 aromatic heterocycles. The van der Waals surface area contributed by atoms with Gasteiger partial charge in [0.1, 0.15) is 0 Å². The molecular weight excluding hydrogens is 286 g/mol. The fourth-order valence-electron chi connectivity index (χ4n) is 3.21. The van der Waals surface area contributed by atoms with Crippen LogP contribution in [0.25, 0.3) is 0 Å². The van der Waals surface area contributed by atoms with Crippen molar-refractivity contribution in [1.29, 1.82) is 0 Å². The molecule has 0 aliphatic carbocycles. The molecule has 4 nitrogen and oxygen atoms in total. The number of amides is 1. The lowest BCUT2D eigenvalue weighted by Crippen LogP contribution is -2.35. The van der Waals surface area contributed by atoms with Crippen LogP contribution in [0.2, 0.25) is 0 Å². The fourth-order valence-corrected chi connectivity index (χ4v) is 3.21. The van der Waals surface area contributed by atoms with Crippen molar-refractivity contribution in [3.63, 3.8) is 0 Å². The molecule has 0 N–H and O–H groups in total. The van der Waals surface area contributed by atoms with E-state index in [4.69, 9.17) is 0 Å². The van der Waals surface area contributed by atoms with Gasteiger partial charge in [-0.1, -0.05) is 37.3 Å². The topological polar surface area (TPSA) is 38.1 Å². The van der Waals surface area contributed by atoms with Crippen LogP contribution in [-0.2, 0) is 18.3 Å². The molecule has 1 unspecified atom stereocenters. The Labute approximate surface area is 139 Å². The van der Waals surface area contributed by atoms with Crippen molar-refractivity contribution in [3.8, 4) is 0 Å². The number of hydrogen-bond acceptors (Lipinski definition) is 2. The molecule has 0 aliphatic heterocycles. The summed E-state index contributed by atoms with van der Waals surface area (Å²) in [7, 11) is 1.92. The van der Waals surface area contributed by atoms with Crippen LogP contribution in [-0.4, -0.2) is 27.1 Å². The van der Waals surface area contributed by atoms with E-state index in [2.05, 4.69) is 24.2 Å². The average Bonchev–Trinajstić information content (AvgIpc) is 2.79. The van der Waals surface area contributed by atoms with E-state index in [9.17, 15) is 4.79 Å². The third-order valence-electron chi connectivity index (χ3n) is 4.60. The number of benzene rings is 1. The van der Waals surface area contributed by atoms with Gasteiger partial charge in [-0.25, -0.2) is 0 Å². The van der Waals surface area contributed by atoms with Crippen molar-refractivity contribution in [3.05, 3.63) is 52.8 Å². The van der Waals surface area contributed by atoms with Crippen molar-refractivity contribution < 1.29 is 4.79 Å². The standard InChI is InChI=1S/C19H27N3O/c1-6-18(16-11-9-8-10-12-16)22(7-2)19(23)13-17-14(3)20-21(5)15(17)4/h8-12,18H,6-7,13H2,1-5H3. The SMILES string of the molecule is CCC(c1ccccc1)N(CC)C(=O)Cc1c(C)nn(C)c1C. The molecule has 0 aliphatic rings. The van der Waals surface area contributed by atoms with E-state index in [1.54, 1.807) is 0 Å². The molecular formula is C19H27N3O. The van der Waals surface area contributed by atoms with E-state index in [1.165, 1.54) is 5.56 Å². The molecule has 1 atom stereocenters. The first-order valence-corrected chi connectivity index (χ1v) is 8.33. The Bertz CT molecular complexity index is 661. The van der Waals surface area contributed by atoms with Crippen molar-refractivity contribution in [1.82, 2.24) is 14.7 Å². The van der Waals surface area contributed by atoms with Gasteiger partial charge in [-0.15, -0.1) is 0 Å². The number of hydrogen-bond donors (Lipinski definition) is 0. The molecule has 0 bridgehead atoms. The predicted molar refractivity (Wildman–Crippen MR) is 93.2 cm³/mol. The Morgan fingerprint density at radius 2 is 1.87 bits per heavy atom. The summed E-state index contributed by atoms with van der Waals surface area (Å²) >= 11 is 0. The van der Waals surface area contributed by atoms with E-state index in [0.717, 1.165) is 23.4 Å². The first-order chi connectivity index (χ1) is 11.0. The molecule has 0 spiro atoms. The van der Waals surface area contributed by atoms with Gasteiger partial charge in [0.15, 0.2) is 0 Å². The number of carbonyl (C=O) groups is 1. The fraction of sp³-hybridized carbons (Fsp3) is 0.474. The normalized spacial score (nSPS) is 12.2. The highest BCUT2D eigenvalue weighted by molar-refractivity contribution is 5.79. The smallest absolute Gasteiger partial charge is 0.227 e. The summed E-state index contributed by atoms with van der Waals surface area (Å²) in [6, 6.07) is 10.4. The molecule has 23 heavy (non-hydrogen) atoms. The quantitative estimate of drug-likeness (QED) is 0.817. The summed E-state index contributed by atoms with van der Waals surface area (Å²) in [6.45, 7) is 8.89. The maximum atomic E-state index is 12.9. The highest BCUT2D eigenvalue weighted by atomic mass is 16.2. The molecule has 2 aromatic rings. The van der Waals surface area contributed by atoms with Crippen molar-refractivity contribution >= 4 is 5.91 Å². The second-order valence-electron chi connectivity index (χ2n) is 5.96. The average molecular weight is 313 g/mol. The molecule has 0 saturated heterocycles. The van der Waals surface area contributed by atoms with Crippen LogP contribution >= 0.6 is 0 Å². The van der Waals surface area contributed by atoms with Crippen LogP contribution in [0.1, 0.15) is 48.8 Å². The van der Waals surface area contributed by atoms with E-state index in [0.29, 0.717) is 13.0 Å². The van der Waals surface area contributed by atoms with Crippen LogP contribution in [0.3, 0.4) is 0 Å². The lowest BCUT2D eigenvalue weighted by atomic mass is 10.0. The van der Waals surface area contributed by atoms with Gasteiger partial charge in [0.05, 0.1) is 18.2 Å². The zero-order chi connectivity index (χ0) is 17.0. The van der Waals surface area contributed by atoms with Gasteiger partial charge in [-0.2, -0.15) is 5.10 Å². The minimum Gasteiger partial charge on any atom is -0.336 e. The van der Waals surface area contributed by atoms with Crippen molar-refractivity contribution in [2.75, 3.05) is 6.54 Å². The first kappa shape index (κ1) is 17.3. The predicted octanol–water partition coefficient (Wildman–Crippen LogP) is 3.58. The molecule has 1 heterocycles. The Hall–Kier alpha value is -2.10. The third kappa shape index (κ3) is 3.63. The zero-order valence-corrected chi connectivity index (χ0v) is 14.8. The summed E-state index contributed by atoms with van der Waals surface area (Å²) in [5.74, 6) is 0.169. The minimum absolute atomic E-state index is 0.131. The van der Waals surface area contributed by atoms with Crippen LogP contribution in [0.15, 0.2) is 30.3 Å². The second kappa shape index (κ2) is 7.44. The molecule has 0 radical (unpaired) electrons. The summed E-state index contributed by atoms with van der Waals surface area (Å²) in [4.78, 5) is 14.9. The van der Waals surface area contributed by atoms with E-state index < -0.39 is 0 Å². The highest BCUT2D eigenvalue weighted by Gasteiger charge is 2.24. The maximum Gasteiger partial charge on any atom is 0.227 e. The van der Waals surface area contributed by atoms with Gasteiger partial charge in [-0.3, -0.25) is 9.48 Å². The summed E-state index contributed by atoms with van der Waals surface area (Å²) in [5, 5.41) is 4.42. The van der Waals surface area contributed by atoms with Gasteiger partial charge in [-0.05, 0) is 32.8 Å². The van der Waals surface area contributed by atoms with Crippen LogP contribution in [0.4, 0.5) is 0 Å². The summed E-state index contributed by atoms with van der Waals surface area (Å²) < 4.78 is 1.85. The lowest BCUT2D eigenvalue weighted by Gasteiger charge is -2.31. The van der Waals surface area contributed by atoms with Crippen LogP contribution in [0, 0.1) is 13.8 Å². The van der Waals surface area contributed by atoms with E-state index in [-0.39, 0.29) is 11.9 Å². The highest BCUT2D eigenvalue weighted by Crippen LogP contribution is 2.25. The monoisotopic (exact) mass is 313 g/mol. The van der Waals surface area contributed by atoms with E-state index >= 15 is 0 Å². The largest absolute Gasteiger partial charge is 0.336 e. The molecule has 124 valence electrons. The Morgan fingerprint density at radius 1 is 1.22 bits per heavy atom. The molecule has 0 fully saturated rings. The Kier molecular flexibility index (Phi) is 5.59. The number of nitrogens with zero attached hydrogens (tertiary/aromatic N) is 3. The molecule has 4 heteroatoms. The zero-order valence-electron chi connectivity index (χ0n) is 14.8. The number of aromatic nitrogens is 2. The lowest BCUT2D eigenvalue weighted by molar-refractivity contribution is -0.132. The van der Waals surface area contributed by atoms with Crippen molar-refractivity contribution in [2.45, 2.75) is 46.6 Å². The number of aryl methyl sites for hydroxylation is 2. The van der Waals surface area contributed by atoms with Gasteiger partial charge >= 0.3 is 0 Å². The minimum atomic E-state index is 0.131. The van der Waals surface area contributed by atoms with Crippen molar-refractivity contribution in [2.24, 2.45) is 7.05 Å². The van der Waals surface area contributed by atoms with Crippen LogP contribution in [0.5, 0.6) is 0 Å². The summed E-state index contributed by atoms with van der Waals surface area (Å²) in [6.07, 6.45) is 1.33. The maximum absolute atomic E-state index is 12.9. The van der Waals surface area contributed by atoms with Gasteiger partial charge in [0.25, 0.3) is 0 Å². The molecule has 1 amide bonds. The number of rotatable bonds is 6. The third-order valence-corrected chi connectivity index (χ3v) is 4.60.